The molecule has 2 aromatic rings. The lowest BCUT2D eigenvalue weighted by Gasteiger charge is -2.37. The molecule has 1 aliphatic heterocycles. The highest BCUT2D eigenvalue weighted by Crippen LogP contribution is 2.24. The first kappa shape index (κ1) is 16.4. The van der Waals surface area contributed by atoms with Crippen molar-refractivity contribution in [2.75, 3.05) is 31.1 Å². The number of benzene rings is 2. The summed E-state index contributed by atoms with van der Waals surface area (Å²) < 4.78 is 27.1. The molecule has 1 aliphatic rings. The number of halogens is 2. The maximum absolute atomic E-state index is 13.8. The molecule has 3 nitrogen and oxygen atoms in total. The van der Waals surface area contributed by atoms with Crippen LogP contribution in [-0.4, -0.2) is 37.0 Å². The van der Waals surface area contributed by atoms with E-state index in [2.05, 4.69) is 30.9 Å². The summed E-state index contributed by atoms with van der Waals surface area (Å²) in [4.78, 5) is 16.3. The van der Waals surface area contributed by atoms with Crippen LogP contribution in [0.5, 0.6) is 0 Å². The SMILES string of the molecule is Cc1cccc(N2CCN(C(=O)c3cc(F)ccc3F)CC2)c1C. The third kappa shape index (κ3) is 3.11. The Bertz CT molecular complexity index is 768. The number of hydrogen-bond acceptors (Lipinski definition) is 2. The van der Waals surface area contributed by atoms with Crippen LogP contribution < -0.4 is 4.90 Å². The molecule has 1 saturated heterocycles. The molecule has 0 N–H and O–H groups in total. The molecule has 0 unspecified atom stereocenters. The van der Waals surface area contributed by atoms with Gasteiger partial charge in [-0.25, -0.2) is 8.78 Å². The molecule has 1 amide bonds. The Morgan fingerprint density at radius 2 is 1.71 bits per heavy atom. The molecule has 24 heavy (non-hydrogen) atoms. The summed E-state index contributed by atoms with van der Waals surface area (Å²) >= 11 is 0. The van der Waals surface area contributed by atoms with E-state index in [1.807, 2.05) is 6.07 Å². The van der Waals surface area contributed by atoms with Crippen molar-refractivity contribution in [1.29, 1.82) is 0 Å². The van der Waals surface area contributed by atoms with Gasteiger partial charge in [0.1, 0.15) is 11.6 Å². The van der Waals surface area contributed by atoms with Crippen molar-refractivity contribution in [3.05, 3.63) is 64.7 Å². The zero-order valence-corrected chi connectivity index (χ0v) is 13.9. The molecule has 0 spiro atoms. The maximum Gasteiger partial charge on any atom is 0.257 e. The molecule has 0 atom stereocenters. The number of aryl methyl sites for hydroxylation is 1. The molecule has 3 rings (SSSR count). The molecular formula is C19H20F2N2O. The van der Waals surface area contributed by atoms with Gasteiger partial charge in [0.25, 0.3) is 5.91 Å². The summed E-state index contributed by atoms with van der Waals surface area (Å²) in [5.41, 5.74) is 3.43. The number of piperazine rings is 1. The first-order chi connectivity index (χ1) is 11.5. The van der Waals surface area contributed by atoms with Crippen LogP contribution in [0.25, 0.3) is 0 Å². The normalized spacial score (nSPS) is 14.8. The number of hydrogen-bond donors (Lipinski definition) is 0. The fourth-order valence-corrected chi connectivity index (χ4v) is 3.06. The van der Waals surface area contributed by atoms with Gasteiger partial charge in [-0.1, -0.05) is 12.1 Å². The molecule has 5 heteroatoms. The lowest BCUT2D eigenvalue weighted by atomic mass is 10.1. The monoisotopic (exact) mass is 330 g/mol. The van der Waals surface area contributed by atoms with Gasteiger partial charge >= 0.3 is 0 Å². The fourth-order valence-electron chi connectivity index (χ4n) is 3.06. The molecule has 1 fully saturated rings. The van der Waals surface area contributed by atoms with Gasteiger partial charge in [0.15, 0.2) is 0 Å². The smallest absolute Gasteiger partial charge is 0.257 e. The number of carbonyl (C=O) groups is 1. The highest BCUT2D eigenvalue weighted by Gasteiger charge is 2.25. The van der Waals surface area contributed by atoms with Crippen molar-refractivity contribution in [3.63, 3.8) is 0 Å². The predicted molar refractivity (Wildman–Crippen MR) is 90.4 cm³/mol. The Morgan fingerprint density at radius 3 is 2.42 bits per heavy atom. The third-order valence-electron chi connectivity index (χ3n) is 4.64. The van der Waals surface area contributed by atoms with Crippen LogP contribution in [0.15, 0.2) is 36.4 Å². The minimum absolute atomic E-state index is 0.199. The molecule has 126 valence electrons. The Hall–Kier alpha value is -2.43. The Morgan fingerprint density at radius 1 is 1.00 bits per heavy atom. The van der Waals surface area contributed by atoms with E-state index >= 15 is 0 Å². The van der Waals surface area contributed by atoms with E-state index in [-0.39, 0.29) is 5.56 Å². The Balaban J connectivity index is 1.72. The summed E-state index contributed by atoms with van der Waals surface area (Å²) in [6, 6.07) is 9.16. The summed E-state index contributed by atoms with van der Waals surface area (Å²) in [6.45, 7) is 6.49. The molecule has 1 heterocycles. The quantitative estimate of drug-likeness (QED) is 0.841. The topological polar surface area (TPSA) is 23.6 Å². The van der Waals surface area contributed by atoms with Gasteiger partial charge < -0.3 is 9.80 Å². The number of amides is 1. The maximum atomic E-state index is 13.8. The minimum Gasteiger partial charge on any atom is -0.368 e. The second-order valence-corrected chi connectivity index (χ2v) is 6.12. The zero-order chi connectivity index (χ0) is 17.3. The van der Waals surface area contributed by atoms with Gasteiger partial charge in [0, 0.05) is 31.9 Å². The number of anilines is 1. The van der Waals surface area contributed by atoms with Gasteiger partial charge in [-0.15, -0.1) is 0 Å². The van der Waals surface area contributed by atoms with Crippen LogP contribution in [0, 0.1) is 25.5 Å². The molecule has 0 bridgehead atoms. The van der Waals surface area contributed by atoms with Crippen molar-refractivity contribution in [3.8, 4) is 0 Å². The average Bonchev–Trinajstić information content (AvgIpc) is 2.59. The molecule has 0 radical (unpaired) electrons. The lowest BCUT2D eigenvalue weighted by Crippen LogP contribution is -2.49. The van der Waals surface area contributed by atoms with Crippen LogP contribution in [0.4, 0.5) is 14.5 Å². The standard InChI is InChI=1S/C19H20F2N2O/c1-13-4-3-5-18(14(13)2)22-8-10-23(11-9-22)19(24)16-12-15(20)6-7-17(16)21/h3-7,12H,8-11H2,1-2H3. The molecule has 2 aromatic carbocycles. The van der Waals surface area contributed by atoms with Crippen molar-refractivity contribution >= 4 is 11.6 Å². The van der Waals surface area contributed by atoms with E-state index in [9.17, 15) is 13.6 Å². The fraction of sp³-hybridized carbons (Fsp3) is 0.316. The van der Waals surface area contributed by atoms with Gasteiger partial charge in [-0.3, -0.25) is 4.79 Å². The summed E-state index contributed by atoms with van der Waals surface area (Å²) in [5, 5.41) is 0. The summed E-state index contributed by atoms with van der Waals surface area (Å²) in [5.74, 6) is -1.74. The molecule has 0 aliphatic carbocycles. The van der Waals surface area contributed by atoms with E-state index in [1.54, 1.807) is 4.90 Å². The van der Waals surface area contributed by atoms with E-state index < -0.39 is 17.5 Å². The van der Waals surface area contributed by atoms with Crippen molar-refractivity contribution in [1.82, 2.24) is 4.90 Å². The first-order valence-corrected chi connectivity index (χ1v) is 8.03. The lowest BCUT2D eigenvalue weighted by molar-refractivity contribution is 0.0741. The Kier molecular flexibility index (Phi) is 4.51. The highest BCUT2D eigenvalue weighted by atomic mass is 19.1. The molecule has 0 aromatic heterocycles. The second-order valence-electron chi connectivity index (χ2n) is 6.12. The highest BCUT2D eigenvalue weighted by molar-refractivity contribution is 5.94. The predicted octanol–water partition coefficient (Wildman–Crippen LogP) is 3.54. The summed E-state index contributed by atoms with van der Waals surface area (Å²) in [6.07, 6.45) is 0. The zero-order valence-electron chi connectivity index (χ0n) is 13.9. The minimum atomic E-state index is -0.682. The molecular weight excluding hydrogens is 310 g/mol. The van der Waals surface area contributed by atoms with Gasteiger partial charge in [-0.2, -0.15) is 0 Å². The van der Waals surface area contributed by atoms with Gasteiger partial charge in [0.2, 0.25) is 0 Å². The van der Waals surface area contributed by atoms with Crippen LogP contribution in [0.2, 0.25) is 0 Å². The average molecular weight is 330 g/mol. The first-order valence-electron chi connectivity index (χ1n) is 8.03. The van der Waals surface area contributed by atoms with E-state index in [4.69, 9.17) is 0 Å². The van der Waals surface area contributed by atoms with Gasteiger partial charge in [-0.05, 0) is 49.2 Å². The third-order valence-corrected chi connectivity index (χ3v) is 4.64. The van der Waals surface area contributed by atoms with E-state index in [1.165, 1.54) is 16.8 Å². The van der Waals surface area contributed by atoms with E-state index in [0.717, 1.165) is 18.2 Å². The van der Waals surface area contributed by atoms with Crippen molar-refractivity contribution in [2.24, 2.45) is 0 Å². The number of rotatable bonds is 2. The summed E-state index contributed by atoms with van der Waals surface area (Å²) in [7, 11) is 0. The van der Waals surface area contributed by atoms with Crippen LogP contribution in [-0.2, 0) is 0 Å². The van der Waals surface area contributed by atoms with Crippen molar-refractivity contribution < 1.29 is 13.6 Å². The number of carbonyl (C=O) groups excluding carboxylic acids is 1. The molecule has 0 saturated carbocycles. The van der Waals surface area contributed by atoms with Gasteiger partial charge in [0.05, 0.1) is 5.56 Å². The second kappa shape index (κ2) is 6.59. The van der Waals surface area contributed by atoms with Crippen LogP contribution in [0.1, 0.15) is 21.5 Å². The van der Waals surface area contributed by atoms with E-state index in [0.29, 0.717) is 26.2 Å². The van der Waals surface area contributed by atoms with Crippen molar-refractivity contribution in [2.45, 2.75) is 13.8 Å². The van der Waals surface area contributed by atoms with Crippen LogP contribution in [0.3, 0.4) is 0 Å². The van der Waals surface area contributed by atoms with Crippen LogP contribution >= 0.6 is 0 Å². The Labute approximate surface area is 140 Å². The number of nitrogens with zero attached hydrogens (tertiary/aromatic N) is 2. The largest absolute Gasteiger partial charge is 0.368 e.